The number of nitrogens with one attached hydrogen (secondary N) is 1. The Balaban J connectivity index is 1.25. The van der Waals surface area contributed by atoms with E-state index in [0.717, 1.165) is 47.9 Å². The number of ether oxygens (including phenoxy) is 1. The molecular formula is C19H24N4O3S. The zero-order valence-electron chi connectivity index (χ0n) is 15.2. The molecule has 2 amide bonds. The van der Waals surface area contributed by atoms with Gasteiger partial charge in [-0.15, -0.1) is 11.3 Å². The average molecular weight is 388 g/mol. The molecule has 27 heavy (non-hydrogen) atoms. The predicted molar refractivity (Wildman–Crippen MR) is 103 cm³/mol. The Bertz CT molecular complexity index is 785. The lowest BCUT2D eigenvalue weighted by Gasteiger charge is -2.28. The lowest BCUT2D eigenvalue weighted by atomic mass is 10.1. The minimum absolute atomic E-state index is 0.0392. The molecule has 2 aliphatic heterocycles. The number of likely N-dealkylation sites (tertiary alicyclic amines) is 1. The first kappa shape index (κ1) is 18.3. The van der Waals surface area contributed by atoms with Gasteiger partial charge in [-0.05, 0) is 18.2 Å². The van der Waals surface area contributed by atoms with E-state index in [0.29, 0.717) is 26.1 Å². The maximum absolute atomic E-state index is 12.5. The second kappa shape index (κ2) is 8.33. The minimum Gasteiger partial charge on any atom is -0.379 e. The predicted octanol–water partition coefficient (Wildman–Crippen LogP) is 1.09. The highest BCUT2D eigenvalue weighted by atomic mass is 32.1. The van der Waals surface area contributed by atoms with Crippen LogP contribution in [0, 0.1) is 5.92 Å². The second-order valence-corrected chi connectivity index (χ2v) is 8.18. The number of carbonyl (C=O) groups excluding carboxylic acids is 2. The number of nitrogens with zero attached hydrogens (tertiary/aromatic N) is 3. The van der Waals surface area contributed by atoms with Crippen LogP contribution in [0.1, 0.15) is 11.3 Å². The van der Waals surface area contributed by atoms with Gasteiger partial charge in [0.05, 0.1) is 35.9 Å². The molecule has 144 valence electrons. The molecule has 1 atom stereocenters. The summed E-state index contributed by atoms with van der Waals surface area (Å²) in [7, 11) is 0. The van der Waals surface area contributed by atoms with Crippen molar-refractivity contribution in [3.63, 3.8) is 0 Å². The lowest BCUT2D eigenvalue weighted by molar-refractivity contribution is -0.129. The highest BCUT2D eigenvalue weighted by Crippen LogP contribution is 2.24. The van der Waals surface area contributed by atoms with Gasteiger partial charge in [-0.2, -0.15) is 0 Å². The van der Waals surface area contributed by atoms with Crippen LogP contribution in [-0.4, -0.2) is 72.5 Å². The number of carbonyl (C=O) groups is 2. The summed E-state index contributed by atoms with van der Waals surface area (Å²) in [6.07, 6.45) is 2.08. The fourth-order valence-corrected chi connectivity index (χ4v) is 4.54. The molecule has 4 rings (SSSR count). The van der Waals surface area contributed by atoms with Crippen molar-refractivity contribution in [2.24, 2.45) is 5.92 Å². The largest absolute Gasteiger partial charge is 0.379 e. The number of morpholine rings is 1. The average Bonchev–Trinajstić information content (AvgIpc) is 3.28. The van der Waals surface area contributed by atoms with Gasteiger partial charge in [0.25, 0.3) is 0 Å². The molecule has 0 saturated carbocycles. The van der Waals surface area contributed by atoms with Crippen molar-refractivity contribution in [2.75, 3.05) is 45.9 Å². The van der Waals surface area contributed by atoms with Crippen LogP contribution in [0.15, 0.2) is 24.4 Å². The first-order valence-corrected chi connectivity index (χ1v) is 10.2. The summed E-state index contributed by atoms with van der Waals surface area (Å²) in [5.74, 6) is -0.216. The van der Waals surface area contributed by atoms with E-state index in [9.17, 15) is 9.59 Å². The van der Waals surface area contributed by atoms with Crippen LogP contribution in [0.4, 0.5) is 0 Å². The molecule has 0 aromatic carbocycles. The standard InChI is InChI=1S/C19H24N4O3S/c24-18-10-14(13-23(18)5-4-22-6-8-26-9-7-22)19(25)21-12-15-11-16-17(27-15)2-1-3-20-16/h1-3,11,14H,4-10,12-13H2,(H,21,25). The van der Waals surface area contributed by atoms with Crippen LogP contribution in [-0.2, 0) is 20.9 Å². The van der Waals surface area contributed by atoms with E-state index in [-0.39, 0.29) is 17.7 Å². The molecule has 2 saturated heterocycles. The van der Waals surface area contributed by atoms with Crippen LogP contribution >= 0.6 is 11.3 Å². The second-order valence-electron chi connectivity index (χ2n) is 7.01. The number of pyridine rings is 1. The SMILES string of the molecule is O=C(NCc1cc2ncccc2s1)C1CC(=O)N(CCN2CCOCC2)C1. The molecule has 7 nitrogen and oxygen atoms in total. The van der Waals surface area contributed by atoms with Gasteiger partial charge < -0.3 is 15.0 Å². The summed E-state index contributed by atoms with van der Waals surface area (Å²) >= 11 is 1.64. The van der Waals surface area contributed by atoms with E-state index in [1.807, 2.05) is 23.1 Å². The smallest absolute Gasteiger partial charge is 0.225 e. The highest BCUT2D eigenvalue weighted by Gasteiger charge is 2.34. The maximum Gasteiger partial charge on any atom is 0.225 e. The molecule has 1 N–H and O–H groups in total. The third kappa shape index (κ3) is 4.45. The molecule has 0 bridgehead atoms. The normalized spacial score (nSPS) is 21.1. The third-order valence-corrected chi connectivity index (χ3v) is 6.24. The number of amides is 2. The van der Waals surface area contributed by atoms with E-state index < -0.39 is 0 Å². The van der Waals surface area contributed by atoms with Gasteiger partial charge in [0.1, 0.15) is 0 Å². The summed E-state index contributed by atoms with van der Waals surface area (Å²) in [6, 6.07) is 5.95. The Labute approximate surface area is 162 Å². The number of fused-ring (bicyclic) bond motifs is 1. The van der Waals surface area contributed by atoms with Gasteiger partial charge in [-0.25, -0.2) is 0 Å². The van der Waals surface area contributed by atoms with Crippen molar-refractivity contribution in [2.45, 2.75) is 13.0 Å². The number of hydrogen-bond acceptors (Lipinski definition) is 6. The zero-order valence-corrected chi connectivity index (χ0v) is 16.0. The van der Waals surface area contributed by atoms with Crippen molar-refractivity contribution in [3.8, 4) is 0 Å². The molecule has 2 aromatic heterocycles. The highest BCUT2D eigenvalue weighted by molar-refractivity contribution is 7.19. The molecule has 8 heteroatoms. The monoisotopic (exact) mass is 388 g/mol. The van der Waals surface area contributed by atoms with Gasteiger partial charge in [-0.1, -0.05) is 0 Å². The summed E-state index contributed by atoms with van der Waals surface area (Å²) in [5, 5.41) is 2.99. The summed E-state index contributed by atoms with van der Waals surface area (Å²) in [5.41, 5.74) is 0.956. The fraction of sp³-hybridized carbons (Fsp3) is 0.526. The first-order chi connectivity index (χ1) is 13.2. The molecule has 1 unspecified atom stereocenters. The molecule has 2 aromatic rings. The number of thiophene rings is 1. The van der Waals surface area contributed by atoms with Gasteiger partial charge in [0.2, 0.25) is 11.8 Å². The lowest BCUT2D eigenvalue weighted by Crippen LogP contribution is -2.42. The molecule has 0 radical (unpaired) electrons. The van der Waals surface area contributed by atoms with Gasteiger partial charge in [0, 0.05) is 50.2 Å². The topological polar surface area (TPSA) is 74.8 Å². The molecule has 0 spiro atoms. The van der Waals surface area contributed by atoms with Crippen LogP contribution in [0.25, 0.3) is 10.2 Å². The van der Waals surface area contributed by atoms with Crippen LogP contribution < -0.4 is 5.32 Å². The number of aromatic nitrogens is 1. The number of rotatable bonds is 6. The van der Waals surface area contributed by atoms with E-state index in [2.05, 4.69) is 15.2 Å². The molecular weight excluding hydrogens is 364 g/mol. The summed E-state index contributed by atoms with van der Waals surface area (Å²) in [4.78, 5) is 34.3. The molecule has 0 aliphatic carbocycles. The van der Waals surface area contributed by atoms with Crippen molar-refractivity contribution < 1.29 is 14.3 Å². The van der Waals surface area contributed by atoms with E-state index >= 15 is 0 Å². The molecule has 2 fully saturated rings. The van der Waals surface area contributed by atoms with E-state index in [4.69, 9.17) is 4.74 Å². The summed E-state index contributed by atoms with van der Waals surface area (Å²) in [6.45, 7) is 5.87. The molecule has 2 aliphatic rings. The Morgan fingerprint density at radius 1 is 1.33 bits per heavy atom. The van der Waals surface area contributed by atoms with Gasteiger partial charge in [0.15, 0.2) is 0 Å². The first-order valence-electron chi connectivity index (χ1n) is 9.38. The van der Waals surface area contributed by atoms with Crippen molar-refractivity contribution >= 4 is 33.4 Å². The Morgan fingerprint density at radius 2 is 2.19 bits per heavy atom. The molecule has 4 heterocycles. The maximum atomic E-state index is 12.5. The van der Waals surface area contributed by atoms with Crippen LogP contribution in [0.2, 0.25) is 0 Å². The Morgan fingerprint density at radius 3 is 3.00 bits per heavy atom. The van der Waals surface area contributed by atoms with E-state index in [1.165, 1.54) is 0 Å². The zero-order chi connectivity index (χ0) is 18.6. The van der Waals surface area contributed by atoms with Crippen molar-refractivity contribution in [1.29, 1.82) is 0 Å². The van der Waals surface area contributed by atoms with Crippen LogP contribution in [0.3, 0.4) is 0 Å². The van der Waals surface area contributed by atoms with Crippen LogP contribution in [0.5, 0.6) is 0 Å². The van der Waals surface area contributed by atoms with Gasteiger partial charge in [-0.3, -0.25) is 19.5 Å². The number of hydrogen-bond donors (Lipinski definition) is 1. The van der Waals surface area contributed by atoms with Crippen molar-refractivity contribution in [1.82, 2.24) is 20.1 Å². The Hall–Kier alpha value is -2.03. The quantitative estimate of drug-likeness (QED) is 0.802. The summed E-state index contributed by atoms with van der Waals surface area (Å²) < 4.78 is 6.46. The van der Waals surface area contributed by atoms with Gasteiger partial charge >= 0.3 is 0 Å². The Kier molecular flexibility index (Phi) is 5.66. The third-order valence-electron chi connectivity index (χ3n) is 5.15. The fourth-order valence-electron chi connectivity index (χ4n) is 3.58. The van der Waals surface area contributed by atoms with E-state index in [1.54, 1.807) is 17.5 Å². The minimum atomic E-state index is -0.255. The van der Waals surface area contributed by atoms with Crippen molar-refractivity contribution in [3.05, 3.63) is 29.3 Å².